The Morgan fingerprint density at radius 2 is 2.06 bits per heavy atom. The molecule has 2 aliphatic heterocycles. The van der Waals surface area contributed by atoms with E-state index in [1.54, 1.807) is 5.56 Å². The van der Waals surface area contributed by atoms with E-state index in [1.165, 1.54) is 11.3 Å². The van der Waals surface area contributed by atoms with Crippen molar-refractivity contribution in [2.75, 3.05) is 18.0 Å². The molecule has 0 saturated carbocycles. The van der Waals surface area contributed by atoms with Gasteiger partial charge in [0, 0.05) is 36.8 Å². The fraction of sp³-hybridized carbons (Fsp3) is 0.571. The molecule has 1 fully saturated rings. The summed E-state index contributed by atoms with van der Waals surface area (Å²) in [6.45, 7) is 9.16. The lowest BCUT2D eigenvalue weighted by molar-refractivity contribution is 0.402. The number of piperazine rings is 1. The number of anilines is 1. The van der Waals surface area contributed by atoms with Gasteiger partial charge in [0.25, 0.3) is 0 Å². The van der Waals surface area contributed by atoms with Gasteiger partial charge in [-0.05, 0) is 25.0 Å². The summed E-state index contributed by atoms with van der Waals surface area (Å²) in [6.07, 6.45) is 0. The highest BCUT2D eigenvalue weighted by atomic mass is 15.3. The van der Waals surface area contributed by atoms with E-state index >= 15 is 0 Å². The van der Waals surface area contributed by atoms with E-state index in [4.69, 9.17) is 0 Å². The van der Waals surface area contributed by atoms with Gasteiger partial charge in [0.1, 0.15) is 0 Å². The second-order valence-electron chi connectivity index (χ2n) is 5.28. The Labute approximate surface area is 97.6 Å². The molecule has 86 valence electrons. The number of fused-ring (bicyclic) bond motifs is 3. The molecule has 1 saturated heterocycles. The van der Waals surface area contributed by atoms with Crippen molar-refractivity contribution in [2.24, 2.45) is 0 Å². The van der Waals surface area contributed by atoms with Crippen LogP contribution in [0.15, 0.2) is 18.2 Å². The van der Waals surface area contributed by atoms with Crippen LogP contribution in [0.2, 0.25) is 0 Å². The average Bonchev–Trinajstić information content (AvgIpc) is 2.56. The van der Waals surface area contributed by atoms with Crippen LogP contribution in [0.25, 0.3) is 0 Å². The molecule has 1 aromatic carbocycles. The molecule has 3 atom stereocenters. The fourth-order valence-corrected chi connectivity index (χ4v) is 3.38. The highest BCUT2D eigenvalue weighted by molar-refractivity contribution is 5.67. The van der Waals surface area contributed by atoms with Crippen molar-refractivity contribution < 1.29 is 0 Å². The normalized spacial score (nSPS) is 32.4. The van der Waals surface area contributed by atoms with E-state index < -0.39 is 0 Å². The van der Waals surface area contributed by atoms with E-state index in [-0.39, 0.29) is 0 Å². The lowest BCUT2D eigenvalue weighted by Gasteiger charge is -2.40. The second kappa shape index (κ2) is 3.49. The lowest BCUT2D eigenvalue weighted by Crippen LogP contribution is -2.55. The van der Waals surface area contributed by atoms with Crippen molar-refractivity contribution in [2.45, 2.75) is 38.8 Å². The number of para-hydroxylation sites is 1. The Kier molecular flexibility index (Phi) is 2.21. The summed E-state index contributed by atoms with van der Waals surface area (Å²) in [4.78, 5) is 2.64. The summed E-state index contributed by atoms with van der Waals surface area (Å²) < 4.78 is 0. The van der Waals surface area contributed by atoms with Crippen molar-refractivity contribution in [3.05, 3.63) is 29.3 Å². The highest BCUT2D eigenvalue weighted by Gasteiger charge is 2.40. The van der Waals surface area contributed by atoms with E-state index in [0.717, 1.165) is 13.1 Å². The average molecular weight is 216 g/mol. The number of aryl methyl sites for hydroxylation is 1. The summed E-state index contributed by atoms with van der Waals surface area (Å²) in [6, 6.07) is 8.01. The molecule has 3 unspecified atom stereocenters. The molecule has 0 amide bonds. The number of hydrogen-bond donors (Lipinski definition) is 1. The predicted molar refractivity (Wildman–Crippen MR) is 68.2 cm³/mol. The van der Waals surface area contributed by atoms with Gasteiger partial charge in [-0.15, -0.1) is 0 Å². The first-order valence-electron chi connectivity index (χ1n) is 6.28. The molecule has 1 aromatic rings. The van der Waals surface area contributed by atoms with Crippen LogP contribution in [0.1, 0.15) is 30.9 Å². The Balaban J connectivity index is 2.14. The number of nitrogens with zero attached hydrogens (tertiary/aromatic N) is 1. The van der Waals surface area contributed by atoms with Crippen molar-refractivity contribution in [3.63, 3.8) is 0 Å². The molecule has 16 heavy (non-hydrogen) atoms. The molecule has 0 bridgehead atoms. The van der Waals surface area contributed by atoms with E-state index in [1.807, 2.05) is 0 Å². The Morgan fingerprint density at radius 3 is 2.88 bits per heavy atom. The maximum Gasteiger partial charge on any atom is 0.0484 e. The Hall–Kier alpha value is -1.02. The lowest BCUT2D eigenvalue weighted by atomic mass is 9.95. The topological polar surface area (TPSA) is 15.3 Å². The predicted octanol–water partition coefficient (Wildman–Crippen LogP) is 2.28. The largest absolute Gasteiger partial charge is 0.362 e. The maximum atomic E-state index is 3.55. The zero-order valence-electron chi connectivity index (χ0n) is 10.3. The number of nitrogens with one attached hydrogen (secondary N) is 1. The van der Waals surface area contributed by atoms with Crippen LogP contribution in [-0.4, -0.2) is 25.2 Å². The molecule has 2 heterocycles. The number of hydrogen-bond acceptors (Lipinski definition) is 2. The molecule has 2 heteroatoms. The van der Waals surface area contributed by atoms with Crippen LogP contribution in [0, 0.1) is 6.92 Å². The summed E-state index contributed by atoms with van der Waals surface area (Å²) in [5.41, 5.74) is 4.48. The molecule has 2 aliphatic rings. The van der Waals surface area contributed by atoms with Crippen molar-refractivity contribution in [1.29, 1.82) is 0 Å². The van der Waals surface area contributed by atoms with Crippen LogP contribution in [-0.2, 0) is 0 Å². The molecule has 0 radical (unpaired) electrons. The molecule has 0 aliphatic carbocycles. The minimum atomic E-state index is 0.614. The molecular weight excluding hydrogens is 196 g/mol. The van der Waals surface area contributed by atoms with E-state index in [9.17, 15) is 0 Å². The van der Waals surface area contributed by atoms with Gasteiger partial charge in [-0.2, -0.15) is 0 Å². The molecule has 1 N–H and O–H groups in total. The Morgan fingerprint density at radius 1 is 1.25 bits per heavy atom. The number of benzene rings is 1. The van der Waals surface area contributed by atoms with Crippen molar-refractivity contribution >= 4 is 5.69 Å². The summed E-state index contributed by atoms with van der Waals surface area (Å²) in [5.74, 6) is 0.658. The smallest absolute Gasteiger partial charge is 0.0484 e. The number of rotatable bonds is 0. The van der Waals surface area contributed by atoms with Gasteiger partial charge < -0.3 is 10.2 Å². The second-order valence-corrected chi connectivity index (χ2v) is 5.28. The monoisotopic (exact) mass is 216 g/mol. The molecule has 2 nitrogen and oxygen atoms in total. The van der Waals surface area contributed by atoms with Gasteiger partial charge in [0.15, 0.2) is 0 Å². The molecule has 0 spiro atoms. The summed E-state index contributed by atoms with van der Waals surface area (Å²) in [5, 5.41) is 3.55. The molecule has 3 rings (SSSR count). The SMILES string of the molecule is Cc1cccc2c1N1C(C)CNCC1C2C. The van der Waals surface area contributed by atoms with Crippen LogP contribution in [0.4, 0.5) is 5.69 Å². The summed E-state index contributed by atoms with van der Waals surface area (Å²) >= 11 is 0. The third kappa shape index (κ3) is 1.23. The first-order valence-corrected chi connectivity index (χ1v) is 6.28. The van der Waals surface area contributed by atoms with Gasteiger partial charge >= 0.3 is 0 Å². The van der Waals surface area contributed by atoms with Gasteiger partial charge in [-0.3, -0.25) is 0 Å². The minimum absolute atomic E-state index is 0.614. The third-order valence-electron chi connectivity index (χ3n) is 4.22. The van der Waals surface area contributed by atoms with Crippen LogP contribution < -0.4 is 10.2 Å². The van der Waals surface area contributed by atoms with Gasteiger partial charge in [-0.1, -0.05) is 25.1 Å². The van der Waals surface area contributed by atoms with Crippen LogP contribution >= 0.6 is 0 Å². The zero-order valence-corrected chi connectivity index (χ0v) is 10.3. The van der Waals surface area contributed by atoms with Crippen molar-refractivity contribution in [1.82, 2.24) is 5.32 Å². The van der Waals surface area contributed by atoms with Gasteiger partial charge in [0.05, 0.1) is 0 Å². The van der Waals surface area contributed by atoms with Gasteiger partial charge in [0.2, 0.25) is 0 Å². The molecule has 0 aromatic heterocycles. The third-order valence-corrected chi connectivity index (χ3v) is 4.22. The minimum Gasteiger partial charge on any atom is -0.362 e. The highest BCUT2D eigenvalue weighted by Crippen LogP contribution is 2.44. The van der Waals surface area contributed by atoms with E-state index in [0.29, 0.717) is 18.0 Å². The van der Waals surface area contributed by atoms with Crippen LogP contribution in [0.3, 0.4) is 0 Å². The maximum absolute atomic E-state index is 3.55. The van der Waals surface area contributed by atoms with E-state index in [2.05, 4.69) is 49.2 Å². The quantitative estimate of drug-likeness (QED) is 0.715. The fourth-order valence-electron chi connectivity index (χ4n) is 3.38. The standard InChI is InChI=1S/C14H20N2/c1-9-5-4-6-12-11(3)13-8-15-7-10(2)16(13)14(9)12/h4-6,10-11,13,15H,7-8H2,1-3H3. The first kappa shape index (κ1) is 10.2. The zero-order chi connectivity index (χ0) is 11.3. The molecular formula is C14H20N2. The van der Waals surface area contributed by atoms with Gasteiger partial charge in [-0.25, -0.2) is 0 Å². The first-order chi connectivity index (χ1) is 7.70. The van der Waals surface area contributed by atoms with Crippen molar-refractivity contribution in [3.8, 4) is 0 Å². The Bertz CT molecular complexity index is 413. The summed E-state index contributed by atoms with van der Waals surface area (Å²) in [7, 11) is 0. The van der Waals surface area contributed by atoms with Crippen LogP contribution in [0.5, 0.6) is 0 Å².